The van der Waals surface area contributed by atoms with Gasteiger partial charge in [-0.15, -0.1) is 0 Å². The highest BCUT2D eigenvalue weighted by Crippen LogP contribution is 2.25. The van der Waals surface area contributed by atoms with E-state index in [-0.39, 0.29) is 6.04 Å². The molecular formula is C14H17NO2. The van der Waals surface area contributed by atoms with Crippen molar-refractivity contribution < 1.29 is 9.15 Å². The van der Waals surface area contributed by atoms with Gasteiger partial charge in [-0.05, 0) is 43.7 Å². The van der Waals surface area contributed by atoms with E-state index in [1.165, 1.54) is 5.56 Å². The number of benzene rings is 1. The lowest BCUT2D eigenvalue weighted by Gasteiger charge is -2.16. The minimum absolute atomic E-state index is 0.223. The van der Waals surface area contributed by atoms with Crippen molar-refractivity contribution in [2.45, 2.75) is 19.9 Å². The van der Waals surface area contributed by atoms with Crippen molar-refractivity contribution >= 4 is 5.69 Å². The predicted octanol–water partition coefficient (Wildman–Crippen LogP) is 3.77. The molecule has 1 heterocycles. The molecule has 0 aliphatic rings. The van der Waals surface area contributed by atoms with Crippen LogP contribution in [0.2, 0.25) is 0 Å². The van der Waals surface area contributed by atoms with Crippen LogP contribution < -0.4 is 10.1 Å². The van der Waals surface area contributed by atoms with Gasteiger partial charge in [0.25, 0.3) is 0 Å². The van der Waals surface area contributed by atoms with E-state index in [1.54, 1.807) is 19.6 Å². The number of nitrogens with one attached hydrogen (secondary N) is 1. The Morgan fingerprint density at radius 3 is 2.71 bits per heavy atom. The number of furan rings is 1. The van der Waals surface area contributed by atoms with Crippen LogP contribution >= 0.6 is 0 Å². The Hall–Kier alpha value is -1.90. The Kier molecular flexibility index (Phi) is 3.38. The summed E-state index contributed by atoms with van der Waals surface area (Å²) < 4.78 is 10.3. The fraction of sp³-hybridized carbons (Fsp3) is 0.286. The minimum atomic E-state index is 0.223. The highest BCUT2D eigenvalue weighted by molar-refractivity contribution is 5.54. The first-order valence-corrected chi connectivity index (χ1v) is 5.64. The summed E-state index contributed by atoms with van der Waals surface area (Å²) >= 11 is 0. The Labute approximate surface area is 101 Å². The zero-order chi connectivity index (χ0) is 12.3. The van der Waals surface area contributed by atoms with Gasteiger partial charge in [0.1, 0.15) is 5.75 Å². The Balaban J connectivity index is 2.13. The molecule has 2 rings (SSSR count). The van der Waals surface area contributed by atoms with Crippen LogP contribution in [0.1, 0.15) is 24.1 Å². The van der Waals surface area contributed by atoms with Crippen molar-refractivity contribution in [1.29, 1.82) is 0 Å². The highest BCUT2D eigenvalue weighted by atomic mass is 16.5. The van der Waals surface area contributed by atoms with Gasteiger partial charge in [0.15, 0.2) is 0 Å². The van der Waals surface area contributed by atoms with E-state index in [1.807, 2.05) is 24.3 Å². The number of ether oxygens (including phenoxy) is 1. The van der Waals surface area contributed by atoms with E-state index < -0.39 is 0 Å². The molecular weight excluding hydrogens is 214 g/mol. The van der Waals surface area contributed by atoms with Crippen molar-refractivity contribution in [2.24, 2.45) is 0 Å². The summed E-state index contributed by atoms with van der Waals surface area (Å²) in [7, 11) is 1.68. The van der Waals surface area contributed by atoms with Crippen LogP contribution in [0, 0.1) is 6.92 Å². The average molecular weight is 231 g/mol. The summed E-state index contributed by atoms with van der Waals surface area (Å²) in [6, 6.07) is 8.20. The summed E-state index contributed by atoms with van der Waals surface area (Å²) in [6.07, 6.45) is 3.45. The molecule has 0 aliphatic heterocycles. The minimum Gasteiger partial charge on any atom is -0.497 e. The highest BCUT2D eigenvalue weighted by Gasteiger charge is 2.08. The van der Waals surface area contributed by atoms with Crippen LogP contribution in [0.5, 0.6) is 5.75 Å². The third-order valence-corrected chi connectivity index (χ3v) is 2.85. The molecule has 0 fully saturated rings. The van der Waals surface area contributed by atoms with Gasteiger partial charge < -0.3 is 14.5 Å². The van der Waals surface area contributed by atoms with Crippen molar-refractivity contribution in [3.8, 4) is 5.75 Å². The predicted molar refractivity (Wildman–Crippen MR) is 68.5 cm³/mol. The maximum atomic E-state index is 5.18. The van der Waals surface area contributed by atoms with E-state index in [0.717, 1.165) is 17.0 Å². The quantitative estimate of drug-likeness (QED) is 0.869. The van der Waals surface area contributed by atoms with Crippen LogP contribution in [-0.2, 0) is 0 Å². The van der Waals surface area contributed by atoms with Crippen molar-refractivity contribution in [2.75, 3.05) is 12.4 Å². The normalized spacial score (nSPS) is 12.2. The Bertz CT molecular complexity index is 477. The first kappa shape index (κ1) is 11.6. The molecule has 1 aromatic carbocycles. The number of methoxy groups -OCH3 is 1. The zero-order valence-corrected chi connectivity index (χ0v) is 10.4. The zero-order valence-electron chi connectivity index (χ0n) is 10.4. The third-order valence-electron chi connectivity index (χ3n) is 2.85. The number of anilines is 1. The lowest BCUT2D eigenvalue weighted by molar-refractivity contribution is 0.414. The summed E-state index contributed by atoms with van der Waals surface area (Å²) in [4.78, 5) is 0. The second-order valence-corrected chi connectivity index (χ2v) is 4.10. The van der Waals surface area contributed by atoms with E-state index in [4.69, 9.17) is 9.15 Å². The number of hydrogen-bond acceptors (Lipinski definition) is 3. The summed E-state index contributed by atoms with van der Waals surface area (Å²) in [6.45, 7) is 4.17. The van der Waals surface area contributed by atoms with Gasteiger partial charge in [-0.1, -0.05) is 0 Å². The van der Waals surface area contributed by atoms with Gasteiger partial charge in [0.2, 0.25) is 0 Å². The molecule has 3 heteroatoms. The second kappa shape index (κ2) is 4.95. The van der Waals surface area contributed by atoms with Gasteiger partial charge in [-0.2, -0.15) is 0 Å². The molecule has 0 saturated heterocycles. The molecule has 0 radical (unpaired) electrons. The number of hydrogen-bond donors (Lipinski definition) is 1. The van der Waals surface area contributed by atoms with E-state index in [9.17, 15) is 0 Å². The first-order valence-electron chi connectivity index (χ1n) is 5.64. The molecule has 0 spiro atoms. The fourth-order valence-corrected chi connectivity index (χ4v) is 1.76. The van der Waals surface area contributed by atoms with E-state index >= 15 is 0 Å². The van der Waals surface area contributed by atoms with Gasteiger partial charge in [0.05, 0.1) is 25.7 Å². The summed E-state index contributed by atoms with van der Waals surface area (Å²) in [5.41, 5.74) is 3.42. The molecule has 0 bridgehead atoms. The largest absolute Gasteiger partial charge is 0.497 e. The monoisotopic (exact) mass is 231 g/mol. The van der Waals surface area contributed by atoms with Crippen LogP contribution in [0.4, 0.5) is 5.69 Å². The number of rotatable bonds is 4. The van der Waals surface area contributed by atoms with Crippen LogP contribution in [-0.4, -0.2) is 7.11 Å². The van der Waals surface area contributed by atoms with Crippen molar-refractivity contribution in [3.63, 3.8) is 0 Å². The molecule has 1 aromatic heterocycles. The molecule has 0 amide bonds. The summed E-state index contributed by atoms with van der Waals surface area (Å²) in [5.74, 6) is 0.879. The third kappa shape index (κ3) is 2.61. The van der Waals surface area contributed by atoms with Gasteiger partial charge in [0, 0.05) is 11.3 Å². The van der Waals surface area contributed by atoms with Crippen molar-refractivity contribution in [1.82, 2.24) is 0 Å². The molecule has 3 nitrogen and oxygen atoms in total. The second-order valence-electron chi connectivity index (χ2n) is 4.10. The topological polar surface area (TPSA) is 34.4 Å². The SMILES string of the molecule is COc1ccc(NC(C)c2ccoc2)c(C)c1. The molecule has 0 aliphatic carbocycles. The molecule has 1 N–H and O–H groups in total. The van der Waals surface area contributed by atoms with Crippen LogP contribution in [0.15, 0.2) is 41.2 Å². The molecule has 2 aromatic rings. The Morgan fingerprint density at radius 2 is 2.12 bits per heavy atom. The molecule has 0 saturated carbocycles. The lowest BCUT2D eigenvalue weighted by Crippen LogP contribution is -2.06. The lowest BCUT2D eigenvalue weighted by atomic mass is 10.1. The van der Waals surface area contributed by atoms with E-state index in [0.29, 0.717) is 0 Å². The molecule has 90 valence electrons. The van der Waals surface area contributed by atoms with Gasteiger partial charge in [-0.3, -0.25) is 0 Å². The van der Waals surface area contributed by atoms with Crippen molar-refractivity contribution in [3.05, 3.63) is 47.9 Å². The molecule has 17 heavy (non-hydrogen) atoms. The number of aryl methyl sites for hydroxylation is 1. The summed E-state index contributed by atoms with van der Waals surface area (Å²) in [5, 5.41) is 3.45. The first-order chi connectivity index (χ1) is 8.20. The van der Waals surface area contributed by atoms with E-state index in [2.05, 4.69) is 19.2 Å². The van der Waals surface area contributed by atoms with Gasteiger partial charge >= 0.3 is 0 Å². The maximum Gasteiger partial charge on any atom is 0.119 e. The standard InChI is InChI=1S/C14H17NO2/c1-10-8-13(16-3)4-5-14(10)15-11(2)12-6-7-17-9-12/h4-9,11,15H,1-3H3. The maximum absolute atomic E-state index is 5.18. The smallest absolute Gasteiger partial charge is 0.119 e. The fourth-order valence-electron chi connectivity index (χ4n) is 1.76. The molecule has 1 unspecified atom stereocenters. The Morgan fingerprint density at radius 1 is 1.29 bits per heavy atom. The van der Waals surface area contributed by atoms with Crippen LogP contribution in [0.3, 0.4) is 0 Å². The van der Waals surface area contributed by atoms with Gasteiger partial charge in [-0.25, -0.2) is 0 Å². The molecule has 1 atom stereocenters. The van der Waals surface area contributed by atoms with Crippen LogP contribution in [0.25, 0.3) is 0 Å². The average Bonchev–Trinajstić information content (AvgIpc) is 2.85.